The zero-order chi connectivity index (χ0) is 13.2. The fourth-order valence-corrected chi connectivity index (χ4v) is 1.98. The van der Waals surface area contributed by atoms with Crippen molar-refractivity contribution in [2.45, 2.75) is 12.5 Å². The second-order valence-electron chi connectivity index (χ2n) is 4.30. The van der Waals surface area contributed by atoms with Crippen molar-refractivity contribution in [3.63, 3.8) is 0 Å². The molecule has 0 aliphatic heterocycles. The smallest absolute Gasteiger partial charge is 0.147 e. The number of terminal acetylenes is 1. The van der Waals surface area contributed by atoms with Gasteiger partial charge in [-0.1, -0.05) is 58.2 Å². The maximum atomic E-state index is 9.95. The molecule has 0 saturated carbocycles. The van der Waals surface area contributed by atoms with Crippen LogP contribution in [0.2, 0.25) is 0 Å². The molecule has 0 amide bonds. The predicted molar refractivity (Wildman–Crippen MR) is 78.0 cm³/mol. The molecule has 0 spiro atoms. The molecule has 0 aromatic heterocycles. The van der Waals surface area contributed by atoms with Crippen LogP contribution in [0, 0.1) is 12.3 Å². The monoisotopic (exact) mass is 300 g/mol. The summed E-state index contributed by atoms with van der Waals surface area (Å²) in [6.07, 6.45) is 5.30. The Labute approximate surface area is 116 Å². The summed E-state index contributed by atoms with van der Waals surface area (Å²) >= 11 is 3.41. The number of halogens is 1. The van der Waals surface area contributed by atoms with E-state index in [2.05, 4.69) is 21.9 Å². The molecule has 0 heterocycles. The SMILES string of the molecule is C#CC(C)(O)c1ccc(-c2ccc(Br)cc2)cc1. The Morgan fingerprint density at radius 2 is 1.44 bits per heavy atom. The molecule has 1 nitrogen and oxygen atoms in total. The third-order valence-corrected chi connectivity index (χ3v) is 3.43. The van der Waals surface area contributed by atoms with Crippen molar-refractivity contribution in [1.82, 2.24) is 0 Å². The molecule has 2 rings (SSSR count). The van der Waals surface area contributed by atoms with Crippen LogP contribution in [0.5, 0.6) is 0 Å². The van der Waals surface area contributed by atoms with E-state index in [1.807, 2.05) is 48.5 Å². The lowest BCUT2D eigenvalue weighted by Crippen LogP contribution is -2.17. The van der Waals surface area contributed by atoms with Crippen LogP contribution in [0.3, 0.4) is 0 Å². The normalized spacial score (nSPS) is 13.7. The fourth-order valence-electron chi connectivity index (χ4n) is 1.71. The topological polar surface area (TPSA) is 20.2 Å². The number of aliphatic hydroxyl groups is 1. The molecule has 0 radical (unpaired) electrons. The van der Waals surface area contributed by atoms with Gasteiger partial charge in [0.15, 0.2) is 0 Å². The van der Waals surface area contributed by atoms with Crippen molar-refractivity contribution >= 4 is 15.9 Å². The lowest BCUT2D eigenvalue weighted by Gasteiger charge is -2.16. The summed E-state index contributed by atoms with van der Waals surface area (Å²) in [6.45, 7) is 1.61. The van der Waals surface area contributed by atoms with E-state index in [1.54, 1.807) is 6.92 Å². The van der Waals surface area contributed by atoms with E-state index in [4.69, 9.17) is 6.42 Å². The zero-order valence-corrected chi connectivity index (χ0v) is 11.6. The molecule has 18 heavy (non-hydrogen) atoms. The quantitative estimate of drug-likeness (QED) is 0.833. The highest BCUT2D eigenvalue weighted by Crippen LogP contribution is 2.25. The summed E-state index contributed by atoms with van der Waals surface area (Å²) in [5.74, 6) is 2.37. The molecule has 0 saturated heterocycles. The first-order valence-corrected chi connectivity index (χ1v) is 6.39. The highest BCUT2D eigenvalue weighted by molar-refractivity contribution is 9.10. The van der Waals surface area contributed by atoms with Crippen LogP contribution in [0.4, 0.5) is 0 Å². The van der Waals surface area contributed by atoms with Gasteiger partial charge in [-0.15, -0.1) is 6.42 Å². The average Bonchev–Trinajstić information content (AvgIpc) is 2.40. The molecule has 1 atom stereocenters. The third kappa shape index (κ3) is 2.64. The predicted octanol–water partition coefficient (Wildman–Crippen LogP) is 3.96. The Hall–Kier alpha value is -1.56. The van der Waals surface area contributed by atoms with Crippen LogP contribution in [-0.4, -0.2) is 5.11 Å². The number of rotatable bonds is 2. The minimum atomic E-state index is -1.21. The highest BCUT2D eigenvalue weighted by Gasteiger charge is 2.18. The van der Waals surface area contributed by atoms with Gasteiger partial charge in [0.25, 0.3) is 0 Å². The van der Waals surface area contributed by atoms with E-state index < -0.39 is 5.60 Å². The van der Waals surface area contributed by atoms with Gasteiger partial charge in [-0.25, -0.2) is 0 Å². The van der Waals surface area contributed by atoms with E-state index in [1.165, 1.54) is 0 Å². The maximum absolute atomic E-state index is 9.95. The lowest BCUT2D eigenvalue weighted by atomic mass is 9.94. The van der Waals surface area contributed by atoms with Crippen molar-refractivity contribution in [3.8, 4) is 23.5 Å². The Bertz CT molecular complexity index is 574. The first kappa shape index (κ1) is 12.9. The van der Waals surface area contributed by atoms with E-state index in [0.717, 1.165) is 21.2 Å². The largest absolute Gasteiger partial charge is 0.374 e. The maximum Gasteiger partial charge on any atom is 0.147 e. The van der Waals surface area contributed by atoms with Gasteiger partial charge in [0.2, 0.25) is 0 Å². The van der Waals surface area contributed by atoms with E-state index in [9.17, 15) is 5.11 Å². The van der Waals surface area contributed by atoms with Crippen LogP contribution in [-0.2, 0) is 5.60 Å². The Kier molecular flexibility index (Phi) is 3.56. The Morgan fingerprint density at radius 1 is 1.00 bits per heavy atom. The van der Waals surface area contributed by atoms with E-state index >= 15 is 0 Å². The molecule has 1 unspecified atom stereocenters. The Balaban J connectivity index is 2.34. The first-order valence-electron chi connectivity index (χ1n) is 5.59. The van der Waals surface area contributed by atoms with Crippen molar-refractivity contribution in [2.75, 3.05) is 0 Å². The van der Waals surface area contributed by atoms with Gasteiger partial charge < -0.3 is 5.11 Å². The average molecular weight is 301 g/mol. The fraction of sp³-hybridized carbons (Fsp3) is 0.125. The molecule has 0 aliphatic rings. The summed E-state index contributed by atoms with van der Waals surface area (Å²) < 4.78 is 1.05. The van der Waals surface area contributed by atoms with E-state index in [0.29, 0.717) is 0 Å². The Morgan fingerprint density at radius 3 is 1.89 bits per heavy atom. The molecule has 0 aliphatic carbocycles. The minimum Gasteiger partial charge on any atom is -0.374 e. The van der Waals surface area contributed by atoms with Crippen molar-refractivity contribution in [1.29, 1.82) is 0 Å². The minimum absolute atomic E-state index is 0.728. The van der Waals surface area contributed by atoms with Crippen molar-refractivity contribution in [3.05, 3.63) is 58.6 Å². The van der Waals surface area contributed by atoms with Gasteiger partial charge in [0.05, 0.1) is 0 Å². The number of benzene rings is 2. The van der Waals surface area contributed by atoms with Crippen LogP contribution >= 0.6 is 15.9 Å². The van der Waals surface area contributed by atoms with Gasteiger partial charge in [-0.2, -0.15) is 0 Å². The molecule has 1 N–H and O–H groups in total. The van der Waals surface area contributed by atoms with Crippen LogP contribution in [0.25, 0.3) is 11.1 Å². The zero-order valence-electron chi connectivity index (χ0n) is 10.0. The standard InChI is InChI=1S/C16H13BrO/c1-3-16(2,18)14-8-4-12(5-9-14)13-6-10-15(17)11-7-13/h1,4-11,18H,2H3. The van der Waals surface area contributed by atoms with Crippen LogP contribution in [0.1, 0.15) is 12.5 Å². The lowest BCUT2D eigenvalue weighted by molar-refractivity contribution is 0.122. The third-order valence-electron chi connectivity index (χ3n) is 2.91. The summed E-state index contributed by atoms with van der Waals surface area (Å²) in [7, 11) is 0. The summed E-state index contributed by atoms with van der Waals surface area (Å²) in [6, 6.07) is 15.7. The number of hydrogen-bond donors (Lipinski definition) is 1. The highest BCUT2D eigenvalue weighted by atomic mass is 79.9. The molecule has 2 heteroatoms. The number of hydrogen-bond acceptors (Lipinski definition) is 1. The van der Waals surface area contributed by atoms with Gasteiger partial charge >= 0.3 is 0 Å². The molecule has 0 bridgehead atoms. The summed E-state index contributed by atoms with van der Waals surface area (Å²) in [5.41, 5.74) is 1.74. The molecular formula is C16H13BrO. The second kappa shape index (κ2) is 4.97. The summed E-state index contributed by atoms with van der Waals surface area (Å²) in [5, 5.41) is 9.95. The molecule has 2 aromatic carbocycles. The van der Waals surface area contributed by atoms with Crippen molar-refractivity contribution < 1.29 is 5.11 Å². The van der Waals surface area contributed by atoms with Gasteiger partial charge in [-0.05, 0) is 35.7 Å². The van der Waals surface area contributed by atoms with Crippen LogP contribution in [0.15, 0.2) is 53.0 Å². The van der Waals surface area contributed by atoms with Crippen LogP contribution < -0.4 is 0 Å². The molecule has 2 aromatic rings. The van der Waals surface area contributed by atoms with Gasteiger partial charge in [0.1, 0.15) is 5.60 Å². The summed E-state index contributed by atoms with van der Waals surface area (Å²) in [4.78, 5) is 0. The van der Waals surface area contributed by atoms with E-state index in [-0.39, 0.29) is 0 Å². The first-order chi connectivity index (χ1) is 8.53. The van der Waals surface area contributed by atoms with Gasteiger partial charge in [0, 0.05) is 4.47 Å². The van der Waals surface area contributed by atoms with Crippen molar-refractivity contribution in [2.24, 2.45) is 0 Å². The second-order valence-corrected chi connectivity index (χ2v) is 5.22. The molecular weight excluding hydrogens is 288 g/mol. The molecule has 90 valence electrons. The molecule has 0 fully saturated rings. The van der Waals surface area contributed by atoms with Gasteiger partial charge in [-0.3, -0.25) is 0 Å².